The molecule has 0 aromatic heterocycles. The molecular weight excluding hydrogens is 213 g/mol. The molecule has 0 atom stereocenters. The van der Waals surface area contributed by atoms with Crippen LogP contribution in [-0.4, -0.2) is 16.6 Å². The lowest BCUT2D eigenvalue weighted by atomic mass is 10.1. The van der Waals surface area contributed by atoms with Gasteiger partial charge in [-0.25, -0.2) is 4.39 Å². The van der Waals surface area contributed by atoms with Crippen molar-refractivity contribution in [3.63, 3.8) is 0 Å². The Morgan fingerprint density at radius 1 is 1.62 bits per heavy atom. The Morgan fingerprint density at radius 3 is 2.81 bits per heavy atom. The van der Waals surface area contributed by atoms with Gasteiger partial charge >= 0.3 is 0 Å². The van der Waals surface area contributed by atoms with Crippen molar-refractivity contribution in [2.45, 2.75) is 13.3 Å². The van der Waals surface area contributed by atoms with Crippen molar-refractivity contribution in [3.05, 3.63) is 45.3 Å². The van der Waals surface area contributed by atoms with Gasteiger partial charge in [0.15, 0.2) is 0 Å². The van der Waals surface area contributed by atoms with Crippen LogP contribution in [0, 0.1) is 15.9 Å². The number of benzene rings is 1. The monoisotopic (exact) mass is 225 g/mol. The smallest absolute Gasteiger partial charge is 0.270 e. The Morgan fingerprint density at radius 2 is 2.31 bits per heavy atom. The van der Waals surface area contributed by atoms with E-state index in [4.69, 9.17) is 5.11 Å². The summed E-state index contributed by atoms with van der Waals surface area (Å²) in [5.41, 5.74) is 0.584. The summed E-state index contributed by atoms with van der Waals surface area (Å²) in [7, 11) is 0. The van der Waals surface area contributed by atoms with Gasteiger partial charge in [0.25, 0.3) is 5.69 Å². The first kappa shape index (κ1) is 12.3. The Hall–Kier alpha value is -1.75. The van der Waals surface area contributed by atoms with Gasteiger partial charge < -0.3 is 5.11 Å². The number of nitrogens with zero attached hydrogens (tertiary/aromatic N) is 1. The third-order valence-electron chi connectivity index (χ3n) is 2.21. The van der Waals surface area contributed by atoms with Crippen LogP contribution in [0.4, 0.5) is 10.1 Å². The topological polar surface area (TPSA) is 63.4 Å². The van der Waals surface area contributed by atoms with E-state index in [1.54, 1.807) is 0 Å². The van der Waals surface area contributed by atoms with Crippen molar-refractivity contribution in [1.29, 1.82) is 0 Å². The Balaban J connectivity index is 3.16. The Labute approximate surface area is 92.2 Å². The van der Waals surface area contributed by atoms with Gasteiger partial charge in [-0.1, -0.05) is 13.0 Å². The minimum atomic E-state index is -0.582. The second kappa shape index (κ2) is 5.37. The van der Waals surface area contributed by atoms with Crippen LogP contribution in [0.2, 0.25) is 0 Å². The van der Waals surface area contributed by atoms with E-state index in [0.29, 0.717) is 12.0 Å². The fourth-order valence-corrected chi connectivity index (χ4v) is 1.23. The van der Waals surface area contributed by atoms with Gasteiger partial charge in [-0.3, -0.25) is 10.1 Å². The predicted octanol–water partition coefficient (Wildman–Crippen LogP) is 2.52. The Bertz CT molecular complexity index is 423. The van der Waals surface area contributed by atoms with E-state index < -0.39 is 10.7 Å². The van der Waals surface area contributed by atoms with Crippen LogP contribution < -0.4 is 0 Å². The number of rotatable bonds is 4. The average molecular weight is 225 g/mol. The molecule has 5 heteroatoms. The summed E-state index contributed by atoms with van der Waals surface area (Å²) in [5.74, 6) is -0.537. The van der Waals surface area contributed by atoms with Crippen LogP contribution in [-0.2, 0) is 0 Å². The van der Waals surface area contributed by atoms with E-state index in [2.05, 4.69) is 0 Å². The largest absolute Gasteiger partial charge is 0.392 e. The summed E-state index contributed by atoms with van der Waals surface area (Å²) in [4.78, 5) is 9.92. The first-order chi connectivity index (χ1) is 7.58. The lowest BCUT2D eigenvalue weighted by molar-refractivity contribution is -0.384. The summed E-state index contributed by atoms with van der Waals surface area (Å²) < 4.78 is 13.3. The highest BCUT2D eigenvalue weighted by Gasteiger charge is 2.09. The highest BCUT2D eigenvalue weighted by atomic mass is 19.1. The van der Waals surface area contributed by atoms with Crippen molar-refractivity contribution in [1.82, 2.24) is 0 Å². The molecule has 4 nitrogen and oxygen atoms in total. The molecule has 1 aromatic carbocycles. The number of aliphatic hydroxyl groups excluding tert-OH is 1. The van der Waals surface area contributed by atoms with E-state index in [0.717, 1.165) is 18.2 Å². The van der Waals surface area contributed by atoms with Gasteiger partial charge in [0.2, 0.25) is 0 Å². The molecule has 0 saturated heterocycles. The molecule has 1 rings (SSSR count). The van der Waals surface area contributed by atoms with Gasteiger partial charge in [-0.2, -0.15) is 0 Å². The number of hydrogen-bond donors (Lipinski definition) is 1. The zero-order chi connectivity index (χ0) is 12.1. The number of halogens is 1. The number of non-ortho nitro benzene ring substituents is 1. The van der Waals surface area contributed by atoms with Crippen LogP contribution >= 0.6 is 0 Å². The molecule has 0 aliphatic rings. The lowest BCUT2D eigenvalue weighted by Gasteiger charge is -2.01. The molecule has 16 heavy (non-hydrogen) atoms. The molecule has 0 heterocycles. The van der Waals surface area contributed by atoms with Crippen molar-refractivity contribution in [2.75, 3.05) is 6.61 Å². The SMILES string of the molecule is CC/C(=C/c1cc([N+](=O)[O-])ccc1F)CO. The predicted molar refractivity (Wildman–Crippen MR) is 58.4 cm³/mol. The fourth-order valence-electron chi connectivity index (χ4n) is 1.23. The molecule has 1 aromatic rings. The standard InChI is InChI=1S/C11H12FNO3/c1-2-8(7-14)5-9-6-10(13(15)16)3-4-11(9)12/h3-6,14H,2,7H2,1H3/b8-5-. The fraction of sp³-hybridized carbons (Fsp3) is 0.273. The number of hydrogen-bond acceptors (Lipinski definition) is 3. The van der Waals surface area contributed by atoms with Gasteiger partial charge in [-0.15, -0.1) is 0 Å². The van der Waals surface area contributed by atoms with Crippen LogP contribution in [0.5, 0.6) is 0 Å². The lowest BCUT2D eigenvalue weighted by Crippen LogP contribution is -1.93. The number of aliphatic hydroxyl groups is 1. The van der Waals surface area contributed by atoms with Crippen LogP contribution in [0.3, 0.4) is 0 Å². The Kier molecular flexibility index (Phi) is 4.13. The number of nitro groups is 1. The van der Waals surface area contributed by atoms with E-state index >= 15 is 0 Å². The molecular formula is C11H12FNO3. The van der Waals surface area contributed by atoms with Gasteiger partial charge in [0, 0.05) is 17.7 Å². The van der Waals surface area contributed by atoms with E-state index in [-0.39, 0.29) is 17.9 Å². The van der Waals surface area contributed by atoms with Crippen molar-refractivity contribution in [2.24, 2.45) is 0 Å². The molecule has 86 valence electrons. The molecule has 0 saturated carbocycles. The zero-order valence-corrected chi connectivity index (χ0v) is 8.81. The molecule has 0 fully saturated rings. The normalized spacial score (nSPS) is 11.6. The summed E-state index contributed by atoms with van der Waals surface area (Å²) in [6, 6.07) is 3.31. The summed E-state index contributed by atoms with van der Waals surface area (Å²) in [6.45, 7) is 1.63. The van der Waals surface area contributed by atoms with Gasteiger partial charge in [0.1, 0.15) is 5.82 Å². The van der Waals surface area contributed by atoms with E-state index in [1.165, 1.54) is 6.08 Å². The van der Waals surface area contributed by atoms with E-state index in [9.17, 15) is 14.5 Å². The maximum absolute atomic E-state index is 13.3. The molecule has 0 aliphatic heterocycles. The molecule has 0 aliphatic carbocycles. The maximum atomic E-state index is 13.3. The van der Waals surface area contributed by atoms with Gasteiger partial charge in [-0.05, 0) is 18.1 Å². The quantitative estimate of drug-likeness (QED) is 0.632. The minimum Gasteiger partial charge on any atom is -0.392 e. The molecule has 0 amide bonds. The molecule has 0 bridgehead atoms. The summed E-state index contributed by atoms with van der Waals surface area (Å²) in [6.07, 6.45) is 2.00. The van der Waals surface area contributed by atoms with Gasteiger partial charge in [0.05, 0.1) is 11.5 Å². The van der Waals surface area contributed by atoms with Crippen molar-refractivity contribution in [3.8, 4) is 0 Å². The first-order valence-corrected chi connectivity index (χ1v) is 4.82. The zero-order valence-electron chi connectivity index (χ0n) is 8.81. The van der Waals surface area contributed by atoms with Crippen molar-refractivity contribution < 1.29 is 14.4 Å². The third-order valence-corrected chi connectivity index (χ3v) is 2.21. The van der Waals surface area contributed by atoms with Crippen molar-refractivity contribution >= 4 is 11.8 Å². The van der Waals surface area contributed by atoms with Crippen LogP contribution in [0.25, 0.3) is 6.08 Å². The molecule has 0 spiro atoms. The van der Waals surface area contributed by atoms with Crippen LogP contribution in [0.15, 0.2) is 23.8 Å². The molecule has 0 unspecified atom stereocenters. The second-order valence-electron chi connectivity index (χ2n) is 3.28. The van der Waals surface area contributed by atoms with E-state index in [1.807, 2.05) is 6.92 Å². The average Bonchev–Trinajstić information content (AvgIpc) is 2.27. The number of nitro benzene ring substituents is 1. The highest BCUT2D eigenvalue weighted by Crippen LogP contribution is 2.19. The first-order valence-electron chi connectivity index (χ1n) is 4.82. The molecule has 1 N–H and O–H groups in total. The maximum Gasteiger partial charge on any atom is 0.270 e. The summed E-state index contributed by atoms with van der Waals surface area (Å²) in [5, 5.41) is 19.4. The third kappa shape index (κ3) is 2.87. The van der Waals surface area contributed by atoms with Crippen LogP contribution in [0.1, 0.15) is 18.9 Å². The second-order valence-corrected chi connectivity index (χ2v) is 3.28. The highest BCUT2D eigenvalue weighted by molar-refractivity contribution is 5.57. The summed E-state index contributed by atoms with van der Waals surface area (Å²) >= 11 is 0. The minimum absolute atomic E-state index is 0.125. The molecule has 0 radical (unpaired) electrons.